The molecule has 3 fully saturated rings. The van der Waals surface area contributed by atoms with Gasteiger partial charge >= 0.3 is 0 Å². The van der Waals surface area contributed by atoms with Gasteiger partial charge in [-0.1, -0.05) is 27.4 Å². The predicted molar refractivity (Wildman–Crippen MR) is 65.0 cm³/mol. The Kier molecular flexibility index (Phi) is 1.85. The van der Waals surface area contributed by atoms with Gasteiger partial charge in [-0.2, -0.15) is 0 Å². The molecule has 0 N–H and O–H groups in total. The second kappa shape index (κ2) is 2.80. The van der Waals surface area contributed by atoms with Gasteiger partial charge in [-0.15, -0.1) is 0 Å². The number of Topliss-reactive ketones (excluding diaryl/α,β-unsaturated/α-hetero) is 1. The van der Waals surface area contributed by atoms with Gasteiger partial charge < -0.3 is 0 Å². The van der Waals surface area contributed by atoms with Crippen LogP contribution in [0.3, 0.4) is 0 Å². The van der Waals surface area contributed by atoms with Crippen molar-refractivity contribution < 1.29 is 4.79 Å². The molecule has 0 heterocycles. The highest BCUT2D eigenvalue weighted by molar-refractivity contribution is 5.99. The Hall–Kier alpha value is -0.590. The van der Waals surface area contributed by atoms with Crippen molar-refractivity contribution in [2.75, 3.05) is 0 Å². The molecule has 3 unspecified atom stereocenters. The number of rotatable bonds is 0. The summed E-state index contributed by atoms with van der Waals surface area (Å²) in [6.45, 7) is 11.3. The van der Waals surface area contributed by atoms with Crippen LogP contribution in [-0.2, 0) is 4.79 Å². The summed E-state index contributed by atoms with van der Waals surface area (Å²) in [6.07, 6.45) is 4.59. The molecule has 4 atom stereocenters. The molecule has 0 aromatic carbocycles. The first-order valence-electron chi connectivity index (χ1n) is 6.62. The fourth-order valence-corrected chi connectivity index (χ4v) is 5.27. The first-order valence-corrected chi connectivity index (χ1v) is 6.62. The topological polar surface area (TPSA) is 17.1 Å². The van der Waals surface area contributed by atoms with Crippen molar-refractivity contribution >= 4 is 5.78 Å². The molecule has 0 amide bonds. The molecule has 0 aromatic heterocycles. The highest BCUT2D eigenvalue weighted by Crippen LogP contribution is 2.71. The quantitative estimate of drug-likeness (QED) is 0.568. The zero-order chi connectivity index (χ0) is 11.7. The minimum Gasteiger partial charge on any atom is -0.295 e. The van der Waals surface area contributed by atoms with E-state index in [0.717, 1.165) is 17.9 Å². The predicted octanol–water partition coefficient (Wildman–Crippen LogP) is 3.59. The SMILES string of the molecule is C=C1C(=O)CC2[C@@H]3CCC(C)C12CC3(C)C. The molecule has 0 aliphatic heterocycles. The van der Waals surface area contributed by atoms with Crippen LogP contribution in [-0.4, -0.2) is 5.78 Å². The molecule has 3 rings (SSSR count). The van der Waals surface area contributed by atoms with E-state index in [1.807, 2.05) is 0 Å². The monoisotopic (exact) mass is 218 g/mol. The number of carbonyl (C=O) groups is 1. The van der Waals surface area contributed by atoms with E-state index in [9.17, 15) is 4.79 Å². The van der Waals surface area contributed by atoms with Gasteiger partial charge in [-0.25, -0.2) is 0 Å². The van der Waals surface area contributed by atoms with E-state index in [1.54, 1.807) is 0 Å². The molecular formula is C15H22O. The van der Waals surface area contributed by atoms with E-state index in [1.165, 1.54) is 19.3 Å². The molecule has 0 spiro atoms. The van der Waals surface area contributed by atoms with Crippen molar-refractivity contribution in [1.29, 1.82) is 0 Å². The standard InChI is InChI=1S/C15H22O/c1-9-5-6-11-12-7-13(16)10(2)15(9,12)8-14(11,3)4/h9,11-12H,2,5-8H2,1,3-4H3/t9?,11-,12?,15?/m0/s1. The summed E-state index contributed by atoms with van der Waals surface area (Å²) in [6, 6.07) is 0. The second-order valence-electron chi connectivity index (χ2n) is 7.00. The van der Waals surface area contributed by atoms with Crippen LogP contribution in [0.5, 0.6) is 0 Å². The number of hydrogen-bond donors (Lipinski definition) is 0. The fourth-order valence-electron chi connectivity index (χ4n) is 5.27. The van der Waals surface area contributed by atoms with Crippen LogP contribution in [0.4, 0.5) is 0 Å². The van der Waals surface area contributed by atoms with Gasteiger partial charge in [-0.3, -0.25) is 4.79 Å². The van der Waals surface area contributed by atoms with Crippen LogP contribution in [0.2, 0.25) is 0 Å². The van der Waals surface area contributed by atoms with Gasteiger partial charge in [0.15, 0.2) is 5.78 Å². The maximum atomic E-state index is 12.0. The summed E-state index contributed by atoms with van der Waals surface area (Å²) in [7, 11) is 0. The molecule has 2 bridgehead atoms. The van der Waals surface area contributed by atoms with Crippen molar-refractivity contribution in [3.8, 4) is 0 Å². The van der Waals surface area contributed by atoms with Gasteiger partial charge in [0, 0.05) is 11.8 Å². The fraction of sp³-hybridized carbons (Fsp3) is 0.800. The van der Waals surface area contributed by atoms with Crippen LogP contribution >= 0.6 is 0 Å². The average molecular weight is 218 g/mol. The molecule has 0 radical (unpaired) electrons. The lowest BCUT2D eigenvalue weighted by Gasteiger charge is -2.41. The Morgan fingerprint density at radius 1 is 1.25 bits per heavy atom. The molecule has 0 aromatic rings. The normalized spacial score (nSPS) is 49.6. The number of hydrogen-bond acceptors (Lipinski definition) is 1. The molecule has 1 nitrogen and oxygen atoms in total. The molecule has 3 aliphatic carbocycles. The Balaban J connectivity index is 2.14. The largest absolute Gasteiger partial charge is 0.295 e. The van der Waals surface area contributed by atoms with E-state index in [2.05, 4.69) is 27.4 Å². The minimum absolute atomic E-state index is 0.184. The first-order chi connectivity index (χ1) is 7.39. The summed E-state index contributed by atoms with van der Waals surface area (Å²) >= 11 is 0. The van der Waals surface area contributed by atoms with Crippen molar-refractivity contribution in [1.82, 2.24) is 0 Å². The van der Waals surface area contributed by atoms with Crippen molar-refractivity contribution in [3.05, 3.63) is 12.2 Å². The summed E-state index contributed by atoms with van der Waals surface area (Å²) in [5.74, 6) is 2.40. The average Bonchev–Trinajstić information content (AvgIpc) is 2.51. The summed E-state index contributed by atoms with van der Waals surface area (Å²) < 4.78 is 0. The molecule has 3 aliphatic rings. The Labute approximate surface area is 98.3 Å². The Morgan fingerprint density at radius 3 is 2.56 bits per heavy atom. The van der Waals surface area contributed by atoms with Crippen LogP contribution in [0, 0.1) is 28.6 Å². The molecule has 3 saturated carbocycles. The zero-order valence-electron chi connectivity index (χ0n) is 10.7. The highest BCUT2D eigenvalue weighted by Gasteiger charge is 2.66. The van der Waals surface area contributed by atoms with Gasteiger partial charge in [0.05, 0.1) is 0 Å². The third-order valence-corrected chi connectivity index (χ3v) is 5.99. The first kappa shape index (κ1) is 10.6. The zero-order valence-corrected chi connectivity index (χ0v) is 10.7. The summed E-state index contributed by atoms with van der Waals surface area (Å²) in [4.78, 5) is 12.0. The minimum atomic E-state index is 0.184. The summed E-state index contributed by atoms with van der Waals surface area (Å²) in [5.41, 5.74) is 1.57. The van der Waals surface area contributed by atoms with Gasteiger partial charge in [0.2, 0.25) is 0 Å². The van der Waals surface area contributed by atoms with Crippen molar-refractivity contribution in [2.45, 2.75) is 46.5 Å². The van der Waals surface area contributed by atoms with Crippen LogP contribution in [0.1, 0.15) is 46.5 Å². The van der Waals surface area contributed by atoms with E-state index < -0.39 is 0 Å². The Morgan fingerprint density at radius 2 is 1.94 bits per heavy atom. The molecule has 16 heavy (non-hydrogen) atoms. The second-order valence-corrected chi connectivity index (χ2v) is 7.00. The van der Waals surface area contributed by atoms with Crippen molar-refractivity contribution in [2.24, 2.45) is 28.6 Å². The highest BCUT2D eigenvalue weighted by atomic mass is 16.1. The Bertz CT molecular complexity index is 379. The molecular weight excluding hydrogens is 196 g/mol. The lowest BCUT2D eigenvalue weighted by atomic mass is 9.62. The lowest BCUT2D eigenvalue weighted by Crippen LogP contribution is -2.35. The third kappa shape index (κ3) is 0.959. The van der Waals surface area contributed by atoms with Crippen LogP contribution in [0.25, 0.3) is 0 Å². The van der Waals surface area contributed by atoms with E-state index in [4.69, 9.17) is 0 Å². The van der Waals surface area contributed by atoms with Gasteiger partial charge in [-0.05, 0) is 48.0 Å². The lowest BCUT2D eigenvalue weighted by molar-refractivity contribution is -0.115. The molecule has 0 saturated heterocycles. The number of carbonyl (C=O) groups excluding carboxylic acids is 1. The van der Waals surface area contributed by atoms with Crippen molar-refractivity contribution in [3.63, 3.8) is 0 Å². The summed E-state index contributed by atoms with van der Waals surface area (Å²) in [5, 5.41) is 0. The van der Waals surface area contributed by atoms with E-state index >= 15 is 0 Å². The van der Waals surface area contributed by atoms with E-state index in [0.29, 0.717) is 23.0 Å². The number of allylic oxidation sites excluding steroid dienone is 1. The van der Waals surface area contributed by atoms with Gasteiger partial charge in [0.1, 0.15) is 0 Å². The molecule has 88 valence electrons. The molecule has 1 heteroatoms. The maximum absolute atomic E-state index is 12.0. The van der Waals surface area contributed by atoms with Gasteiger partial charge in [0.25, 0.3) is 0 Å². The van der Waals surface area contributed by atoms with Crippen LogP contribution in [0.15, 0.2) is 12.2 Å². The number of ketones is 1. The van der Waals surface area contributed by atoms with E-state index in [-0.39, 0.29) is 5.41 Å². The van der Waals surface area contributed by atoms with Crippen LogP contribution < -0.4 is 0 Å². The third-order valence-electron chi connectivity index (χ3n) is 5.99. The smallest absolute Gasteiger partial charge is 0.159 e. The maximum Gasteiger partial charge on any atom is 0.159 e.